The van der Waals surface area contributed by atoms with Gasteiger partial charge in [0.1, 0.15) is 6.07 Å². The minimum Gasteiger partial charge on any atom is -0.449 e. The van der Waals surface area contributed by atoms with Gasteiger partial charge in [-0.3, -0.25) is 4.79 Å². The summed E-state index contributed by atoms with van der Waals surface area (Å²) in [5.41, 5.74) is 2.47. The molecule has 0 saturated heterocycles. The predicted molar refractivity (Wildman–Crippen MR) is 111 cm³/mol. The van der Waals surface area contributed by atoms with Crippen LogP contribution in [0.2, 0.25) is 0 Å². The van der Waals surface area contributed by atoms with Crippen molar-refractivity contribution in [1.82, 2.24) is 0 Å². The molecule has 0 bridgehead atoms. The lowest BCUT2D eigenvalue weighted by molar-refractivity contribution is -0.123. The first-order valence-electron chi connectivity index (χ1n) is 9.14. The number of ether oxygens (including phenoxy) is 1. The minimum absolute atomic E-state index is 0.247. The van der Waals surface area contributed by atoms with E-state index in [0.717, 1.165) is 0 Å². The van der Waals surface area contributed by atoms with Crippen molar-refractivity contribution in [3.05, 3.63) is 89.5 Å². The zero-order chi connectivity index (χ0) is 21.5. The van der Waals surface area contributed by atoms with Gasteiger partial charge in [-0.15, -0.1) is 0 Å². The van der Waals surface area contributed by atoms with Crippen molar-refractivity contribution in [2.75, 3.05) is 5.32 Å². The van der Waals surface area contributed by atoms with Gasteiger partial charge in [-0.25, -0.2) is 4.79 Å². The number of benzene rings is 3. The van der Waals surface area contributed by atoms with E-state index in [2.05, 4.69) is 11.4 Å². The second kappa shape index (κ2) is 9.18. The quantitative estimate of drug-likeness (QED) is 0.650. The molecule has 0 spiro atoms. The predicted octanol–water partition coefficient (Wildman–Crippen LogP) is 4.28. The van der Waals surface area contributed by atoms with Gasteiger partial charge in [0.2, 0.25) is 0 Å². The average molecular weight is 395 g/mol. The van der Waals surface area contributed by atoms with Gasteiger partial charge < -0.3 is 10.1 Å². The van der Waals surface area contributed by atoms with E-state index in [1.165, 1.54) is 6.92 Å². The zero-order valence-corrected chi connectivity index (χ0v) is 16.1. The van der Waals surface area contributed by atoms with Gasteiger partial charge in [0.25, 0.3) is 5.91 Å². The third-order valence-electron chi connectivity index (χ3n) is 4.44. The molecule has 146 valence electrons. The van der Waals surface area contributed by atoms with Crippen molar-refractivity contribution in [3.63, 3.8) is 0 Å². The molecule has 0 saturated carbocycles. The fourth-order valence-electron chi connectivity index (χ4n) is 2.91. The molecule has 3 rings (SSSR count). The van der Waals surface area contributed by atoms with E-state index in [-0.39, 0.29) is 5.56 Å². The third-order valence-corrected chi connectivity index (χ3v) is 4.44. The lowest BCUT2D eigenvalue weighted by Crippen LogP contribution is -2.30. The standard InChI is InChI=1S/C24H17N3O3/c1-16(23(28)27-22-13-7-3-9-18(22)15-26)30-24(29)21-12-6-5-11-20(21)19-10-4-2-8-17(19)14-25/h2-13,16H,1H3,(H,27,28)/t16-/m0/s1. The molecule has 0 radical (unpaired) electrons. The third kappa shape index (κ3) is 4.35. The fourth-order valence-corrected chi connectivity index (χ4v) is 2.91. The fraction of sp³-hybridized carbons (Fsp3) is 0.0833. The normalized spacial score (nSPS) is 10.9. The number of carbonyl (C=O) groups is 2. The summed E-state index contributed by atoms with van der Waals surface area (Å²) in [6.45, 7) is 1.45. The van der Waals surface area contributed by atoms with Crippen LogP contribution in [0.4, 0.5) is 5.69 Å². The average Bonchev–Trinajstić information content (AvgIpc) is 2.79. The van der Waals surface area contributed by atoms with Gasteiger partial charge in [0.15, 0.2) is 6.10 Å². The number of nitrogens with one attached hydrogen (secondary N) is 1. The summed E-state index contributed by atoms with van der Waals surface area (Å²) in [7, 11) is 0. The molecule has 30 heavy (non-hydrogen) atoms. The molecule has 6 heteroatoms. The Labute approximate surface area is 174 Å². The van der Waals surface area contributed by atoms with Crippen LogP contribution in [-0.2, 0) is 9.53 Å². The number of anilines is 1. The second-order valence-corrected chi connectivity index (χ2v) is 6.40. The Hall–Kier alpha value is -4.42. The molecule has 0 aliphatic heterocycles. The van der Waals surface area contributed by atoms with E-state index >= 15 is 0 Å². The number of carbonyl (C=O) groups excluding carboxylic acids is 2. The van der Waals surface area contributed by atoms with Crippen LogP contribution in [0.1, 0.15) is 28.4 Å². The highest BCUT2D eigenvalue weighted by atomic mass is 16.5. The molecular formula is C24H17N3O3. The van der Waals surface area contributed by atoms with Crippen LogP contribution in [0, 0.1) is 22.7 Å². The minimum atomic E-state index is -1.09. The van der Waals surface area contributed by atoms with Crippen LogP contribution in [0.15, 0.2) is 72.8 Å². The molecule has 0 unspecified atom stereocenters. The van der Waals surface area contributed by atoms with Crippen LogP contribution in [0.25, 0.3) is 11.1 Å². The van der Waals surface area contributed by atoms with Crippen LogP contribution < -0.4 is 5.32 Å². The van der Waals surface area contributed by atoms with Crippen LogP contribution in [0.5, 0.6) is 0 Å². The highest BCUT2D eigenvalue weighted by molar-refractivity contribution is 6.01. The van der Waals surface area contributed by atoms with Gasteiger partial charge in [-0.1, -0.05) is 48.5 Å². The van der Waals surface area contributed by atoms with E-state index in [0.29, 0.717) is 27.9 Å². The lowest BCUT2D eigenvalue weighted by Gasteiger charge is -2.16. The van der Waals surface area contributed by atoms with Crippen LogP contribution in [0.3, 0.4) is 0 Å². The molecule has 3 aromatic rings. The van der Waals surface area contributed by atoms with Crippen molar-refractivity contribution >= 4 is 17.6 Å². The maximum atomic E-state index is 12.8. The maximum Gasteiger partial charge on any atom is 0.339 e. The van der Waals surface area contributed by atoms with Crippen molar-refractivity contribution in [1.29, 1.82) is 10.5 Å². The van der Waals surface area contributed by atoms with Crippen molar-refractivity contribution in [2.24, 2.45) is 0 Å². The first kappa shape index (κ1) is 20.3. The first-order valence-corrected chi connectivity index (χ1v) is 9.14. The van der Waals surface area contributed by atoms with Crippen molar-refractivity contribution in [2.45, 2.75) is 13.0 Å². The number of amides is 1. The van der Waals surface area contributed by atoms with Gasteiger partial charge in [-0.05, 0) is 36.8 Å². The lowest BCUT2D eigenvalue weighted by atomic mass is 9.96. The number of rotatable bonds is 5. The summed E-state index contributed by atoms with van der Waals surface area (Å²) in [5.74, 6) is -1.24. The molecule has 6 nitrogen and oxygen atoms in total. The first-order chi connectivity index (χ1) is 14.5. The number of nitriles is 2. The molecule has 0 aliphatic rings. The van der Waals surface area contributed by atoms with Crippen LogP contribution >= 0.6 is 0 Å². The zero-order valence-electron chi connectivity index (χ0n) is 16.1. The highest BCUT2D eigenvalue weighted by Crippen LogP contribution is 2.27. The summed E-state index contributed by atoms with van der Waals surface area (Å²) in [6.07, 6.45) is -1.09. The smallest absolute Gasteiger partial charge is 0.339 e. The Morgan fingerprint density at radius 2 is 1.40 bits per heavy atom. The van der Waals surface area contributed by atoms with Gasteiger partial charge in [-0.2, -0.15) is 10.5 Å². The van der Waals surface area contributed by atoms with E-state index in [4.69, 9.17) is 10.00 Å². The molecule has 1 amide bonds. The Bertz CT molecular complexity index is 1190. The monoisotopic (exact) mass is 395 g/mol. The Balaban J connectivity index is 1.81. The van der Waals surface area contributed by atoms with E-state index in [1.54, 1.807) is 72.8 Å². The number of para-hydroxylation sites is 1. The second-order valence-electron chi connectivity index (χ2n) is 6.40. The SMILES string of the molecule is C[C@H](OC(=O)c1ccccc1-c1ccccc1C#N)C(=O)Nc1ccccc1C#N. The number of nitrogens with zero attached hydrogens (tertiary/aromatic N) is 2. The summed E-state index contributed by atoms with van der Waals surface area (Å²) >= 11 is 0. The molecular weight excluding hydrogens is 378 g/mol. The molecule has 1 N–H and O–H groups in total. The number of esters is 1. The molecule has 0 fully saturated rings. The number of hydrogen-bond acceptors (Lipinski definition) is 5. The van der Waals surface area contributed by atoms with E-state index < -0.39 is 18.0 Å². The Morgan fingerprint density at radius 1 is 0.833 bits per heavy atom. The van der Waals surface area contributed by atoms with Gasteiger partial charge in [0.05, 0.1) is 28.4 Å². The largest absolute Gasteiger partial charge is 0.449 e. The number of hydrogen-bond donors (Lipinski definition) is 1. The highest BCUT2D eigenvalue weighted by Gasteiger charge is 2.22. The summed E-state index contributed by atoms with van der Waals surface area (Å²) in [4.78, 5) is 25.3. The molecule has 3 aromatic carbocycles. The summed E-state index contributed by atoms with van der Waals surface area (Å²) < 4.78 is 5.36. The molecule has 0 heterocycles. The van der Waals surface area contributed by atoms with E-state index in [1.807, 2.05) is 6.07 Å². The molecule has 0 aliphatic carbocycles. The topological polar surface area (TPSA) is 103 Å². The Kier molecular flexibility index (Phi) is 6.22. The van der Waals surface area contributed by atoms with Crippen LogP contribution in [-0.4, -0.2) is 18.0 Å². The van der Waals surface area contributed by atoms with E-state index in [9.17, 15) is 14.9 Å². The molecule has 0 aromatic heterocycles. The van der Waals surface area contributed by atoms with Gasteiger partial charge >= 0.3 is 5.97 Å². The van der Waals surface area contributed by atoms with Crippen molar-refractivity contribution in [3.8, 4) is 23.3 Å². The summed E-state index contributed by atoms with van der Waals surface area (Å²) in [6, 6.07) is 24.4. The van der Waals surface area contributed by atoms with Gasteiger partial charge in [0, 0.05) is 5.56 Å². The maximum absolute atomic E-state index is 12.8. The Morgan fingerprint density at radius 3 is 2.10 bits per heavy atom. The van der Waals surface area contributed by atoms with Crippen molar-refractivity contribution < 1.29 is 14.3 Å². The molecule has 1 atom stereocenters. The summed E-state index contributed by atoms with van der Waals surface area (Å²) in [5, 5.41) is 21.1.